The molecule has 1 aromatic heterocycles. The Morgan fingerprint density at radius 1 is 1.23 bits per heavy atom. The summed E-state index contributed by atoms with van der Waals surface area (Å²) in [4.78, 5) is 31.6. The van der Waals surface area contributed by atoms with Crippen LogP contribution in [0.25, 0.3) is 6.08 Å². The second-order valence-corrected chi connectivity index (χ2v) is 7.21. The largest absolute Gasteiger partial charge is 0.363 e. The fourth-order valence-corrected chi connectivity index (χ4v) is 3.57. The number of rotatable bonds is 6. The van der Waals surface area contributed by atoms with E-state index in [-0.39, 0.29) is 42.6 Å². The van der Waals surface area contributed by atoms with Crippen LogP contribution >= 0.6 is 24.8 Å². The van der Waals surface area contributed by atoms with E-state index in [9.17, 15) is 14.0 Å². The van der Waals surface area contributed by atoms with Crippen LogP contribution in [0, 0.1) is 5.82 Å². The molecule has 168 valence electrons. The average molecular weight is 464 g/mol. The molecule has 8 nitrogen and oxygen atoms in total. The molecule has 3 rings (SSSR count). The van der Waals surface area contributed by atoms with E-state index in [0.717, 1.165) is 38.4 Å². The van der Waals surface area contributed by atoms with Gasteiger partial charge >= 0.3 is 0 Å². The number of piperidine rings is 1. The lowest BCUT2D eigenvalue weighted by Crippen LogP contribution is -2.42. The first-order chi connectivity index (χ1) is 13.5. The van der Waals surface area contributed by atoms with Crippen LogP contribution in [0.1, 0.15) is 31.2 Å². The minimum Gasteiger partial charge on any atom is -0.363 e. The number of amides is 2. The predicted molar refractivity (Wildman–Crippen MR) is 117 cm³/mol. The van der Waals surface area contributed by atoms with Crippen LogP contribution in [0.3, 0.4) is 0 Å². The molecule has 1 atom stereocenters. The molecule has 3 N–H and O–H groups in total. The van der Waals surface area contributed by atoms with Gasteiger partial charge in [-0.3, -0.25) is 19.7 Å². The molecular formula is C19H28Cl2FN5O3. The van der Waals surface area contributed by atoms with Crippen molar-refractivity contribution < 1.29 is 19.2 Å². The number of halogens is 3. The Kier molecular flexibility index (Phi) is 11.0. The average Bonchev–Trinajstić information content (AvgIpc) is 3.17. The van der Waals surface area contributed by atoms with Crippen LogP contribution < -0.4 is 10.8 Å². The van der Waals surface area contributed by atoms with Gasteiger partial charge in [-0.15, -0.1) is 24.8 Å². The molecule has 0 aliphatic carbocycles. The van der Waals surface area contributed by atoms with Crippen LogP contribution in [0.4, 0.5) is 10.2 Å². The summed E-state index contributed by atoms with van der Waals surface area (Å²) in [7, 11) is 0. The highest BCUT2D eigenvalue weighted by molar-refractivity contribution is 5.90. The van der Waals surface area contributed by atoms with Gasteiger partial charge in [-0.25, -0.2) is 14.9 Å². The first-order valence-corrected chi connectivity index (χ1v) is 9.59. The SMILES string of the molecule is Cl.Cl.O=C(C=Cc1cnc(N[C@@H]2CCN(C(=O)CN3CCCCC3)C2)c(F)c1)NO. The smallest absolute Gasteiger partial charge is 0.267 e. The van der Waals surface area contributed by atoms with Crippen molar-refractivity contribution in [2.75, 3.05) is 38.0 Å². The first-order valence-electron chi connectivity index (χ1n) is 9.59. The quantitative estimate of drug-likeness (QED) is 0.339. The number of carbonyl (C=O) groups excluding carboxylic acids is 2. The molecule has 0 unspecified atom stereocenters. The van der Waals surface area contributed by atoms with Crippen molar-refractivity contribution in [2.24, 2.45) is 0 Å². The monoisotopic (exact) mass is 463 g/mol. The van der Waals surface area contributed by atoms with E-state index in [0.29, 0.717) is 25.2 Å². The fraction of sp³-hybridized carbons (Fsp3) is 0.526. The minimum atomic E-state index is -0.706. The zero-order chi connectivity index (χ0) is 19.9. The summed E-state index contributed by atoms with van der Waals surface area (Å²) in [5.74, 6) is -0.992. The van der Waals surface area contributed by atoms with Gasteiger partial charge in [0.15, 0.2) is 11.6 Å². The Morgan fingerprint density at radius 3 is 2.63 bits per heavy atom. The van der Waals surface area contributed by atoms with Crippen LogP contribution in [0.5, 0.6) is 0 Å². The third-order valence-electron chi connectivity index (χ3n) is 5.09. The van der Waals surface area contributed by atoms with Gasteiger partial charge in [0.05, 0.1) is 6.54 Å². The lowest BCUT2D eigenvalue weighted by Gasteiger charge is -2.28. The van der Waals surface area contributed by atoms with Gasteiger partial charge in [0.2, 0.25) is 5.91 Å². The number of aromatic nitrogens is 1. The molecule has 2 saturated heterocycles. The summed E-state index contributed by atoms with van der Waals surface area (Å²) < 4.78 is 14.3. The van der Waals surface area contributed by atoms with Crippen molar-refractivity contribution >= 4 is 48.5 Å². The summed E-state index contributed by atoms with van der Waals surface area (Å²) in [6.07, 6.45) is 8.14. The lowest BCUT2D eigenvalue weighted by atomic mass is 10.1. The second-order valence-electron chi connectivity index (χ2n) is 7.21. The maximum absolute atomic E-state index is 14.3. The summed E-state index contributed by atoms with van der Waals surface area (Å²) in [6.45, 7) is 3.62. The number of carbonyl (C=O) groups is 2. The number of nitrogens with one attached hydrogen (secondary N) is 2. The normalized spacial score (nSPS) is 19.1. The molecule has 11 heteroatoms. The van der Waals surface area contributed by atoms with Crippen molar-refractivity contribution in [1.82, 2.24) is 20.3 Å². The highest BCUT2D eigenvalue weighted by atomic mass is 35.5. The highest BCUT2D eigenvalue weighted by Crippen LogP contribution is 2.19. The van der Waals surface area contributed by atoms with Gasteiger partial charge in [0.25, 0.3) is 5.91 Å². The molecule has 0 saturated carbocycles. The Morgan fingerprint density at radius 2 is 1.97 bits per heavy atom. The second kappa shape index (κ2) is 12.7. The van der Waals surface area contributed by atoms with Gasteiger partial charge in [-0.2, -0.15) is 0 Å². The summed E-state index contributed by atoms with van der Waals surface area (Å²) in [5, 5.41) is 11.5. The van der Waals surface area contributed by atoms with Crippen molar-refractivity contribution in [2.45, 2.75) is 31.7 Å². The van der Waals surface area contributed by atoms with Gasteiger partial charge < -0.3 is 10.2 Å². The number of hydroxylamine groups is 1. The fourth-order valence-electron chi connectivity index (χ4n) is 3.57. The molecule has 2 aliphatic heterocycles. The molecule has 0 spiro atoms. The van der Waals surface area contributed by atoms with E-state index >= 15 is 0 Å². The maximum Gasteiger partial charge on any atom is 0.267 e. The van der Waals surface area contributed by atoms with Gasteiger partial charge in [-0.05, 0) is 50.1 Å². The molecule has 2 fully saturated rings. The zero-order valence-electron chi connectivity index (χ0n) is 16.6. The van der Waals surface area contributed by atoms with Crippen molar-refractivity contribution in [1.29, 1.82) is 0 Å². The van der Waals surface area contributed by atoms with Crippen molar-refractivity contribution in [3.05, 3.63) is 29.7 Å². The zero-order valence-corrected chi connectivity index (χ0v) is 18.2. The van der Waals surface area contributed by atoms with E-state index in [1.165, 1.54) is 30.2 Å². The van der Waals surface area contributed by atoms with E-state index in [2.05, 4.69) is 15.2 Å². The maximum atomic E-state index is 14.3. The molecule has 0 radical (unpaired) electrons. The number of pyridine rings is 1. The number of nitrogens with zero attached hydrogens (tertiary/aromatic N) is 3. The summed E-state index contributed by atoms with van der Waals surface area (Å²) >= 11 is 0. The lowest BCUT2D eigenvalue weighted by molar-refractivity contribution is -0.131. The topological polar surface area (TPSA) is 97.8 Å². The van der Waals surface area contributed by atoms with E-state index in [4.69, 9.17) is 5.21 Å². The summed E-state index contributed by atoms with van der Waals surface area (Å²) in [6, 6.07) is 1.21. The summed E-state index contributed by atoms with van der Waals surface area (Å²) in [5.41, 5.74) is 1.86. The Bertz CT molecular complexity index is 747. The molecular weight excluding hydrogens is 436 g/mol. The van der Waals surface area contributed by atoms with Crippen molar-refractivity contribution in [3.8, 4) is 0 Å². The van der Waals surface area contributed by atoms with Gasteiger partial charge in [-0.1, -0.05) is 6.42 Å². The van der Waals surface area contributed by atoms with Crippen molar-refractivity contribution in [3.63, 3.8) is 0 Å². The third kappa shape index (κ3) is 7.39. The van der Waals surface area contributed by atoms with Crippen LogP contribution in [-0.2, 0) is 9.59 Å². The molecule has 1 aromatic rings. The number of likely N-dealkylation sites (tertiary alicyclic amines) is 2. The van der Waals surface area contributed by atoms with Crippen LogP contribution in [0.15, 0.2) is 18.3 Å². The first kappa shape index (κ1) is 26.1. The molecule has 2 amide bonds. The number of hydrogen-bond donors (Lipinski definition) is 3. The van der Waals surface area contributed by atoms with E-state index < -0.39 is 11.7 Å². The van der Waals surface area contributed by atoms with Crippen LogP contribution in [-0.4, -0.2) is 70.6 Å². The van der Waals surface area contributed by atoms with E-state index in [1.807, 2.05) is 4.90 Å². The standard InChI is InChI=1S/C19H26FN5O3.2ClH/c20-16-10-14(4-5-17(26)23-28)11-21-19(16)22-15-6-9-25(12-15)18(27)13-24-7-2-1-3-8-24;;/h4-5,10-11,15,28H,1-3,6-9,12-13H2,(H,21,22)(H,23,26);2*1H/t15-;;/m1../s1. The van der Waals surface area contributed by atoms with Gasteiger partial charge in [0, 0.05) is 31.4 Å². The number of hydrogen-bond acceptors (Lipinski definition) is 6. The predicted octanol–water partition coefficient (Wildman–Crippen LogP) is 2.08. The molecule has 3 heterocycles. The molecule has 0 aromatic carbocycles. The molecule has 0 bridgehead atoms. The molecule has 30 heavy (non-hydrogen) atoms. The van der Waals surface area contributed by atoms with Gasteiger partial charge in [0.1, 0.15) is 0 Å². The molecule has 2 aliphatic rings. The Hall–Kier alpha value is -1.94. The Labute approximate surface area is 187 Å². The van der Waals surface area contributed by atoms with Crippen LogP contribution in [0.2, 0.25) is 0 Å². The minimum absolute atomic E-state index is 0. The highest BCUT2D eigenvalue weighted by Gasteiger charge is 2.28. The Balaban J connectivity index is 0.00000225. The van der Waals surface area contributed by atoms with E-state index in [1.54, 1.807) is 0 Å². The third-order valence-corrected chi connectivity index (χ3v) is 5.09. The number of anilines is 1.